The highest BCUT2D eigenvalue weighted by Gasteiger charge is 2.07. The van der Waals surface area contributed by atoms with Crippen LogP contribution in [0.2, 0.25) is 0 Å². The van der Waals surface area contributed by atoms with Gasteiger partial charge in [-0.1, -0.05) is 18.2 Å². The molecule has 0 unspecified atom stereocenters. The van der Waals surface area contributed by atoms with Crippen LogP contribution in [0.15, 0.2) is 48.7 Å². The van der Waals surface area contributed by atoms with Crippen LogP contribution in [0.3, 0.4) is 0 Å². The number of amides is 2. The number of hydrogen-bond acceptors (Lipinski definition) is 2. The third-order valence-electron chi connectivity index (χ3n) is 2.58. The van der Waals surface area contributed by atoms with Gasteiger partial charge in [-0.15, -0.1) is 0 Å². The maximum atomic E-state index is 11.7. The van der Waals surface area contributed by atoms with Crippen LogP contribution in [0.5, 0.6) is 0 Å². The molecule has 5 nitrogen and oxygen atoms in total. The molecule has 0 saturated carbocycles. The number of aromatic nitrogens is 1. The fourth-order valence-corrected chi connectivity index (χ4v) is 1.59. The van der Waals surface area contributed by atoms with Gasteiger partial charge in [-0.05, 0) is 24.3 Å². The fraction of sp³-hybridized carbons (Fsp3) is 0.143. The predicted molar refractivity (Wildman–Crippen MR) is 71.4 cm³/mol. The van der Waals surface area contributed by atoms with E-state index in [0.717, 1.165) is 5.69 Å². The van der Waals surface area contributed by atoms with Gasteiger partial charge >= 0.3 is 0 Å². The molecular formula is C14H15N3O2. The molecule has 0 spiro atoms. The van der Waals surface area contributed by atoms with Crippen LogP contribution < -0.4 is 10.6 Å². The first kappa shape index (κ1) is 12.9. The Kier molecular flexibility index (Phi) is 4.34. The molecule has 0 fully saturated rings. The van der Waals surface area contributed by atoms with Crippen molar-refractivity contribution in [2.75, 3.05) is 6.54 Å². The second-order valence-electron chi connectivity index (χ2n) is 4.02. The summed E-state index contributed by atoms with van der Waals surface area (Å²) in [5, 5.41) is 5.27. The number of rotatable bonds is 5. The number of carbonyl (C=O) groups excluding carboxylic acids is 2. The summed E-state index contributed by atoms with van der Waals surface area (Å²) in [7, 11) is 0. The van der Waals surface area contributed by atoms with E-state index in [1.807, 2.05) is 18.2 Å². The topological polar surface area (TPSA) is 74.0 Å². The van der Waals surface area contributed by atoms with Crippen molar-refractivity contribution in [2.24, 2.45) is 0 Å². The van der Waals surface area contributed by atoms with E-state index >= 15 is 0 Å². The van der Waals surface area contributed by atoms with Gasteiger partial charge in [0, 0.05) is 17.5 Å². The molecule has 0 radical (unpaired) electrons. The summed E-state index contributed by atoms with van der Waals surface area (Å²) in [6.07, 6.45) is 1.79. The Balaban J connectivity index is 1.73. The molecule has 98 valence electrons. The van der Waals surface area contributed by atoms with Crippen molar-refractivity contribution in [1.29, 1.82) is 0 Å². The summed E-state index contributed by atoms with van der Waals surface area (Å²) in [4.78, 5) is 26.2. The summed E-state index contributed by atoms with van der Waals surface area (Å²) in [5.41, 5.74) is 1.46. The lowest BCUT2D eigenvalue weighted by Gasteiger charge is -2.06. The van der Waals surface area contributed by atoms with E-state index in [4.69, 9.17) is 0 Å². The van der Waals surface area contributed by atoms with E-state index in [2.05, 4.69) is 15.6 Å². The van der Waals surface area contributed by atoms with Crippen LogP contribution in [-0.4, -0.2) is 23.3 Å². The zero-order valence-corrected chi connectivity index (χ0v) is 10.3. The summed E-state index contributed by atoms with van der Waals surface area (Å²) < 4.78 is 0. The van der Waals surface area contributed by atoms with Gasteiger partial charge in [0.15, 0.2) is 0 Å². The standard InChI is InChI=1S/C14H15N3O2/c18-13(16-9-12-7-4-8-15-12)10-17-14(19)11-5-2-1-3-6-11/h1-8,15H,9-10H2,(H,16,18)(H,17,19). The van der Waals surface area contributed by atoms with E-state index in [1.54, 1.807) is 30.5 Å². The molecule has 2 rings (SSSR count). The number of aromatic amines is 1. The Bertz CT molecular complexity index is 535. The highest BCUT2D eigenvalue weighted by atomic mass is 16.2. The molecule has 0 aliphatic rings. The molecule has 2 amide bonds. The Morgan fingerprint density at radius 1 is 1.00 bits per heavy atom. The van der Waals surface area contributed by atoms with Crippen LogP contribution in [0.1, 0.15) is 16.1 Å². The molecule has 0 bridgehead atoms. The number of nitrogens with one attached hydrogen (secondary N) is 3. The summed E-state index contributed by atoms with van der Waals surface area (Å²) >= 11 is 0. The largest absolute Gasteiger partial charge is 0.364 e. The maximum Gasteiger partial charge on any atom is 0.251 e. The Labute approximate surface area is 111 Å². The van der Waals surface area contributed by atoms with Gasteiger partial charge in [0.2, 0.25) is 5.91 Å². The van der Waals surface area contributed by atoms with Gasteiger partial charge in [0.1, 0.15) is 0 Å². The highest BCUT2D eigenvalue weighted by molar-refractivity contribution is 5.96. The predicted octanol–water partition coefficient (Wildman–Crippen LogP) is 1.06. The first-order chi connectivity index (χ1) is 9.25. The number of hydrogen-bond donors (Lipinski definition) is 3. The molecule has 19 heavy (non-hydrogen) atoms. The van der Waals surface area contributed by atoms with Crippen molar-refractivity contribution in [3.8, 4) is 0 Å². The minimum absolute atomic E-state index is 0.0333. The van der Waals surface area contributed by atoms with Crippen molar-refractivity contribution in [1.82, 2.24) is 15.6 Å². The number of benzene rings is 1. The summed E-state index contributed by atoms with van der Waals surface area (Å²) in [5.74, 6) is -0.477. The Morgan fingerprint density at radius 3 is 2.47 bits per heavy atom. The Hall–Kier alpha value is -2.56. The van der Waals surface area contributed by atoms with Gasteiger partial charge in [-0.3, -0.25) is 9.59 Å². The smallest absolute Gasteiger partial charge is 0.251 e. The fourth-order valence-electron chi connectivity index (χ4n) is 1.59. The van der Waals surface area contributed by atoms with Gasteiger partial charge in [0.25, 0.3) is 5.91 Å². The lowest BCUT2D eigenvalue weighted by atomic mass is 10.2. The molecular weight excluding hydrogens is 242 g/mol. The van der Waals surface area contributed by atoms with Crippen LogP contribution in [0.25, 0.3) is 0 Å². The molecule has 5 heteroatoms. The van der Waals surface area contributed by atoms with E-state index in [-0.39, 0.29) is 18.4 Å². The van der Waals surface area contributed by atoms with Crippen LogP contribution in [0, 0.1) is 0 Å². The lowest BCUT2D eigenvalue weighted by Crippen LogP contribution is -2.36. The van der Waals surface area contributed by atoms with Crippen molar-refractivity contribution >= 4 is 11.8 Å². The summed E-state index contributed by atoms with van der Waals surface area (Å²) in [6, 6.07) is 12.5. The van der Waals surface area contributed by atoms with Crippen LogP contribution in [-0.2, 0) is 11.3 Å². The monoisotopic (exact) mass is 257 g/mol. The minimum atomic E-state index is -0.254. The van der Waals surface area contributed by atoms with Crippen molar-refractivity contribution in [3.63, 3.8) is 0 Å². The summed E-state index contributed by atoms with van der Waals surface area (Å²) in [6.45, 7) is 0.390. The SMILES string of the molecule is O=C(CNC(=O)c1ccccc1)NCc1ccc[nH]1. The molecule has 0 aliphatic carbocycles. The molecule has 0 aliphatic heterocycles. The maximum absolute atomic E-state index is 11.7. The average molecular weight is 257 g/mol. The molecule has 1 aromatic heterocycles. The molecule has 3 N–H and O–H groups in total. The van der Waals surface area contributed by atoms with Crippen LogP contribution in [0.4, 0.5) is 0 Å². The normalized spacial score (nSPS) is 9.89. The quantitative estimate of drug-likeness (QED) is 0.749. The molecule has 1 aromatic carbocycles. The second kappa shape index (κ2) is 6.39. The van der Waals surface area contributed by atoms with Gasteiger partial charge in [0.05, 0.1) is 13.1 Å². The number of H-pyrrole nitrogens is 1. The van der Waals surface area contributed by atoms with E-state index in [9.17, 15) is 9.59 Å². The van der Waals surface area contributed by atoms with Crippen LogP contribution >= 0.6 is 0 Å². The average Bonchev–Trinajstić information content (AvgIpc) is 2.96. The van der Waals surface area contributed by atoms with Crippen molar-refractivity contribution < 1.29 is 9.59 Å². The third-order valence-corrected chi connectivity index (χ3v) is 2.58. The van der Waals surface area contributed by atoms with Gasteiger partial charge in [-0.2, -0.15) is 0 Å². The minimum Gasteiger partial charge on any atom is -0.364 e. The first-order valence-corrected chi connectivity index (χ1v) is 5.98. The van der Waals surface area contributed by atoms with E-state index in [0.29, 0.717) is 12.1 Å². The van der Waals surface area contributed by atoms with E-state index in [1.165, 1.54) is 0 Å². The number of carbonyl (C=O) groups is 2. The van der Waals surface area contributed by atoms with Gasteiger partial charge < -0.3 is 15.6 Å². The van der Waals surface area contributed by atoms with E-state index < -0.39 is 0 Å². The zero-order chi connectivity index (χ0) is 13.5. The Morgan fingerprint density at radius 2 is 1.79 bits per heavy atom. The van der Waals surface area contributed by atoms with Crippen molar-refractivity contribution in [2.45, 2.75) is 6.54 Å². The molecule has 2 aromatic rings. The highest BCUT2D eigenvalue weighted by Crippen LogP contribution is 1.97. The second-order valence-corrected chi connectivity index (χ2v) is 4.02. The van der Waals surface area contributed by atoms with Gasteiger partial charge in [-0.25, -0.2) is 0 Å². The lowest BCUT2D eigenvalue weighted by molar-refractivity contribution is -0.120. The molecule has 1 heterocycles. The molecule has 0 atom stereocenters. The van der Waals surface area contributed by atoms with Crippen molar-refractivity contribution in [3.05, 3.63) is 59.9 Å². The zero-order valence-electron chi connectivity index (χ0n) is 10.3. The first-order valence-electron chi connectivity index (χ1n) is 5.98. The third kappa shape index (κ3) is 3.99. The molecule has 0 saturated heterocycles.